The van der Waals surface area contributed by atoms with Crippen molar-refractivity contribution in [1.82, 2.24) is 0 Å². The van der Waals surface area contributed by atoms with Crippen molar-refractivity contribution < 1.29 is 14.8 Å². The zero-order chi connectivity index (χ0) is 19.1. The van der Waals surface area contributed by atoms with E-state index in [2.05, 4.69) is 55.7 Å². The van der Waals surface area contributed by atoms with Gasteiger partial charge >= 0.3 is 0 Å². The summed E-state index contributed by atoms with van der Waals surface area (Å²) < 4.78 is 5.31. The molecule has 2 rings (SSSR count). The number of nitrogens with one attached hydrogen (secondary N) is 1. The average molecular weight is 356 g/mol. The minimum Gasteiger partial charge on any atom is -0.495 e. The Morgan fingerprint density at radius 1 is 1.08 bits per heavy atom. The van der Waals surface area contributed by atoms with E-state index in [1.807, 2.05) is 31.2 Å². The van der Waals surface area contributed by atoms with E-state index in [0.29, 0.717) is 17.4 Å². The molecule has 0 spiro atoms. The highest BCUT2D eigenvalue weighted by molar-refractivity contribution is 5.94. The molecular weight excluding hydrogens is 324 g/mol. The number of ether oxygens (including phenoxy) is 1. The summed E-state index contributed by atoms with van der Waals surface area (Å²) >= 11 is 0. The van der Waals surface area contributed by atoms with Crippen LogP contribution in [0.25, 0.3) is 0 Å². The molecule has 0 saturated heterocycles. The first-order valence-corrected chi connectivity index (χ1v) is 9.34. The van der Waals surface area contributed by atoms with Gasteiger partial charge in [0.2, 0.25) is 0 Å². The van der Waals surface area contributed by atoms with E-state index in [0.717, 1.165) is 6.42 Å². The molecule has 4 nitrogen and oxygen atoms in total. The summed E-state index contributed by atoms with van der Waals surface area (Å²) in [6.45, 7) is 8.49. The number of benzene rings is 2. The average Bonchev–Trinajstić information content (AvgIpc) is 2.66. The second-order valence-corrected chi connectivity index (χ2v) is 7.04. The molecule has 0 saturated carbocycles. The fourth-order valence-corrected chi connectivity index (χ4v) is 3.09. The summed E-state index contributed by atoms with van der Waals surface area (Å²) in [5.41, 5.74) is 3.29. The van der Waals surface area contributed by atoms with Gasteiger partial charge in [-0.25, -0.2) is 0 Å². The second kappa shape index (κ2) is 9.39. The number of para-hydroxylation sites is 2. The van der Waals surface area contributed by atoms with Gasteiger partial charge in [-0.1, -0.05) is 57.2 Å². The molecule has 26 heavy (non-hydrogen) atoms. The van der Waals surface area contributed by atoms with Crippen LogP contribution in [0.3, 0.4) is 0 Å². The van der Waals surface area contributed by atoms with Gasteiger partial charge < -0.3 is 15.4 Å². The normalized spacial score (nSPS) is 13.3. The van der Waals surface area contributed by atoms with Crippen molar-refractivity contribution >= 4 is 11.6 Å². The molecule has 0 fully saturated rings. The van der Waals surface area contributed by atoms with Gasteiger partial charge in [-0.2, -0.15) is 0 Å². The van der Waals surface area contributed by atoms with E-state index in [1.165, 1.54) is 11.1 Å². The Balaban J connectivity index is 2.08. The predicted octanol–water partition coefficient (Wildman–Crippen LogP) is 3.55. The monoisotopic (exact) mass is 355 g/mol. The van der Waals surface area contributed by atoms with E-state index in [9.17, 15) is 4.79 Å². The van der Waals surface area contributed by atoms with Crippen LogP contribution in [0.4, 0.5) is 5.69 Å². The Morgan fingerprint density at radius 2 is 1.73 bits per heavy atom. The Kier molecular flexibility index (Phi) is 7.22. The summed E-state index contributed by atoms with van der Waals surface area (Å²) in [7, 11) is 1.61. The Hall–Kier alpha value is -2.33. The molecule has 0 radical (unpaired) electrons. The largest absolute Gasteiger partial charge is 0.495 e. The van der Waals surface area contributed by atoms with Crippen molar-refractivity contribution in [2.75, 3.05) is 12.4 Å². The van der Waals surface area contributed by atoms with Crippen LogP contribution >= 0.6 is 0 Å². The third-order valence-corrected chi connectivity index (χ3v) is 4.77. The van der Waals surface area contributed by atoms with E-state index < -0.39 is 0 Å². The van der Waals surface area contributed by atoms with Gasteiger partial charge in [-0.3, -0.25) is 4.79 Å². The second-order valence-electron chi connectivity index (χ2n) is 7.04. The van der Waals surface area contributed by atoms with Crippen LogP contribution < -0.4 is 15.4 Å². The van der Waals surface area contributed by atoms with Gasteiger partial charge in [0, 0.05) is 11.5 Å². The number of carbonyl (C=O) groups excluding carboxylic acids is 1. The van der Waals surface area contributed by atoms with E-state index >= 15 is 0 Å². The first kappa shape index (κ1) is 20.0. The van der Waals surface area contributed by atoms with Crippen molar-refractivity contribution in [2.45, 2.75) is 46.2 Å². The molecule has 0 aliphatic heterocycles. The molecule has 2 aromatic rings. The standard InChI is InChI=1S/C22H30N2O2/c1-6-17-11-13-18(14-12-17)21(15(2)3)23-16(4)22(25)24-19-9-7-8-10-20(19)26-5/h7-16,21,23H,6H2,1-5H3,(H,24,25)/p+1/t16-,21+/m0/s1. The zero-order valence-electron chi connectivity index (χ0n) is 16.5. The molecule has 3 N–H and O–H groups in total. The molecule has 0 bridgehead atoms. The summed E-state index contributed by atoms with van der Waals surface area (Å²) in [6.07, 6.45) is 1.04. The van der Waals surface area contributed by atoms with E-state index in [-0.39, 0.29) is 18.0 Å². The van der Waals surface area contributed by atoms with Crippen molar-refractivity contribution in [1.29, 1.82) is 0 Å². The van der Waals surface area contributed by atoms with Gasteiger partial charge in [0.25, 0.3) is 5.91 Å². The maximum Gasteiger partial charge on any atom is 0.282 e. The molecule has 0 aliphatic rings. The van der Waals surface area contributed by atoms with E-state index in [1.54, 1.807) is 7.11 Å². The zero-order valence-corrected chi connectivity index (χ0v) is 16.5. The number of hydrogen-bond donors (Lipinski definition) is 2. The number of anilines is 1. The molecule has 0 aromatic heterocycles. The molecule has 0 aliphatic carbocycles. The Morgan fingerprint density at radius 3 is 2.31 bits per heavy atom. The highest BCUT2D eigenvalue weighted by Crippen LogP contribution is 2.23. The molecule has 1 amide bonds. The first-order valence-electron chi connectivity index (χ1n) is 9.34. The number of methoxy groups -OCH3 is 1. The molecule has 0 unspecified atom stereocenters. The van der Waals surface area contributed by atoms with Crippen molar-refractivity contribution in [2.24, 2.45) is 5.92 Å². The van der Waals surface area contributed by atoms with Crippen LogP contribution in [0.2, 0.25) is 0 Å². The summed E-state index contributed by atoms with van der Waals surface area (Å²) in [5.74, 6) is 1.07. The van der Waals surface area contributed by atoms with Gasteiger partial charge in [-0.05, 0) is 31.0 Å². The summed E-state index contributed by atoms with van der Waals surface area (Å²) in [5, 5.41) is 5.13. The maximum absolute atomic E-state index is 12.7. The van der Waals surface area contributed by atoms with Crippen LogP contribution in [0.1, 0.15) is 44.9 Å². The summed E-state index contributed by atoms with van der Waals surface area (Å²) in [4.78, 5) is 12.7. The molecule has 2 atom stereocenters. The third kappa shape index (κ3) is 5.09. The molecule has 0 heterocycles. The van der Waals surface area contributed by atoms with E-state index in [4.69, 9.17) is 4.74 Å². The smallest absolute Gasteiger partial charge is 0.282 e. The van der Waals surface area contributed by atoms with Gasteiger partial charge in [0.05, 0.1) is 12.8 Å². The quantitative estimate of drug-likeness (QED) is 0.761. The lowest BCUT2D eigenvalue weighted by Gasteiger charge is -2.23. The maximum atomic E-state index is 12.7. The predicted molar refractivity (Wildman–Crippen MR) is 106 cm³/mol. The third-order valence-electron chi connectivity index (χ3n) is 4.77. The highest BCUT2D eigenvalue weighted by atomic mass is 16.5. The number of aryl methyl sites for hydroxylation is 1. The highest BCUT2D eigenvalue weighted by Gasteiger charge is 2.26. The fraction of sp³-hybridized carbons (Fsp3) is 0.409. The van der Waals surface area contributed by atoms with Crippen molar-refractivity contribution in [3.05, 3.63) is 59.7 Å². The van der Waals surface area contributed by atoms with Crippen LogP contribution in [-0.2, 0) is 11.2 Å². The topological polar surface area (TPSA) is 54.9 Å². The van der Waals surface area contributed by atoms with Gasteiger partial charge in [0.15, 0.2) is 6.04 Å². The SMILES string of the molecule is CCc1ccc([C@H]([NH2+][C@@H](C)C(=O)Nc2ccccc2OC)C(C)C)cc1. The lowest BCUT2D eigenvalue weighted by atomic mass is 9.94. The van der Waals surface area contributed by atoms with Crippen molar-refractivity contribution in [3.63, 3.8) is 0 Å². The van der Waals surface area contributed by atoms with Crippen LogP contribution in [-0.4, -0.2) is 19.1 Å². The number of quaternary nitrogens is 1. The number of rotatable bonds is 8. The van der Waals surface area contributed by atoms with Gasteiger partial charge in [-0.15, -0.1) is 0 Å². The lowest BCUT2D eigenvalue weighted by molar-refractivity contribution is -0.718. The molecular formula is C22H31N2O2+. The van der Waals surface area contributed by atoms with Crippen LogP contribution in [0.5, 0.6) is 5.75 Å². The van der Waals surface area contributed by atoms with Crippen molar-refractivity contribution in [3.8, 4) is 5.75 Å². The number of nitrogens with two attached hydrogens (primary N) is 1. The Bertz CT molecular complexity index is 710. The molecule has 2 aromatic carbocycles. The van der Waals surface area contributed by atoms with Gasteiger partial charge in [0.1, 0.15) is 11.8 Å². The van der Waals surface area contributed by atoms with Crippen LogP contribution in [0.15, 0.2) is 48.5 Å². The first-order chi connectivity index (χ1) is 12.5. The lowest BCUT2D eigenvalue weighted by Crippen LogP contribution is -2.93. The number of amides is 1. The minimum atomic E-state index is -0.210. The summed E-state index contributed by atoms with van der Waals surface area (Å²) in [6, 6.07) is 16.2. The number of carbonyl (C=O) groups is 1. The molecule has 4 heteroatoms. The number of hydrogen-bond acceptors (Lipinski definition) is 2. The minimum absolute atomic E-state index is 0.0228. The molecule has 140 valence electrons. The Labute approximate surface area is 157 Å². The van der Waals surface area contributed by atoms with Crippen LogP contribution in [0, 0.1) is 5.92 Å². The fourth-order valence-electron chi connectivity index (χ4n) is 3.09.